The zero-order valence-electron chi connectivity index (χ0n) is 14.9. The van der Waals surface area contributed by atoms with Crippen molar-refractivity contribution in [1.29, 1.82) is 0 Å². The molecule has 132 valence electrons. The molecule has 0 spiro atoms. The Morgan fingerprint density at radius 2 is 2.12 bits per heavy atom. The number of aromatic amines is 2. The summed E-state index contributed by atoms with van der Waals surface area (Å²) in [7, 11) is 0. The summed E-state index contributed by atoms with van der Waals surface area (Å²) >= 11 is 0. The summed E-state index contributed by atoms with van der Waals surface area (Å²) in [4.78, 5) is 10.4. The Bertz CT molecular complexity index is 889. The van der Waals surface area contributed by atoms with Crippen molar-refractivity contribution in [1.82, 2.24) is 25.1 Å². The Balaban J connectivity index is 1.56. The lowest BCUT2D eigenvalue weighted by molar-refractivity contribution is 0.238. The number of nitrogens with one attached hydrogen (secondary N) is 2. The van der Waals surface area contributed by atoms with Crippen molar-refractivity contribution < 1.29 is 4.39 Å². The van der Waals surface area contributed by atoms with E-state index in [4.69, 9.17) is 0 Å². The maximum Gasteiger partial charge on any atom is 0.125 e. The fourth-order valence-corrected chi connectivity index (χ4v) is 3.53. The highest BCUT2D eigenvalue weighted by atomic mass is 19.1. The Hall–Kier alpha value is -2.21. The van der Waals surface area contributed by atoms with Crippen molar-refractivity contribution in [3.63, 3.8) is 0 Å². The summed E-state index contributed by atoms with van der Waals surface area (Å²) in [6.45, 7) is 8.34. The summed E-state index contributed by atoms with van der Waals surface area (Å²) in [6, 6.07) is 7.09. The van der Waals surface area contributed by atoms with Crippen LogP contribution < -0.4 is 0 Å². The normalized spacial score (nSPS) is 19.1. The number of nitrogens with zero attached hydrogens (tertiary/aromatic N) is 3. The van der Waals surface area contributed by atoms with E-state index >= 15 is 0 Å². The van der Waals surface area contributed by atoms with Crippen LogP contribution in [0.1, 0.15) is 56.9 Å². The second kappa shape index (κ2) is 5.95. The van der Waals surface area contributed by atoms with Gasteiger partial charge < -0.3 is 4.98 Å². The van der Waals surface area contributed by atoms with E-state index in [-0.39, 0.29) is 17.3 Å². The van der Waals surface area contributed by atoms with Gasteiger partial charge >= 0.3 is 0 Å². The van der Waals surface area contributed by atoms with Crippen LogP contribution in [0.2, 0.25) is 0 Å². The number of likely N-dealkylation sites (tertiary alicyclic amines) is 1. The molecule has 6 heteroatoms. The largest absolute Gasteiger partial charge is 0.341 e. The molecular formula is C19H24FN5. The third-order valence-electron chi connectivity index (χ3n) is 4.91. The lowest BCUT2D eigenvalue weighted by Crippen LogP contribution is -2.23. The van der Waals surface area contributed by atoms with Crippen LogP contribution in [0.3, 0.4) is 0 Å². The number of hydrogen-bond acceptors (Lipinski definition) is 3. The third-order valence-corrected chi connectivity index (χ3v) is 4.91. The summed E-state index contributed by atoms with van der Waals surface area (Å²) in [5.41, 5.74) is 3.83. The minimum absolute atomic E-state index is 0.0436. The van der Waals surface area contributed by atoms with Gasteiger partial charge in [-0.25, -0.2) is 9.37 Å². The monoisotopic (exact) mass is 341 g/mol. The molecular weight excluding hydrogens is 317 g/mol. The highest BCUT2D eigenvalue weighted by Gasteiger charge is 2.29. The van der Waals surface area contributed by atoms with E-state index in [0.29, 0.717) is 0 Å². The number of rotatable bonds is 3. The van der Waals surface area contributed by atoms with Crippen molar-refractivity contribution in [2.45, 2.75) is 51.6 Å². The Morgan fingerprint density at radius 1 is 1.28 bits per heavy atom. The lowest BCUT2D eigenvalue weighted by atomic mass is 9.92. The Morgan fingerprint density at radius 3 is 2.88 bits per heavy atom. The fourth-order valence-electron chi connectivity index (χ4n) is 3.53. The van der Waals surface area contributed by atoms with Gasteiger partial charge in [0.2, 0.25) is 0 Å². The van der Waals surface area contributed by atoms with Crippen LogP contribution in [0.15, 0.2) is 24.3 Å². The summed E-state index contributed by atoms with van der Waals surface area (Å²) in [5.74, 6) is 0.687. The molecule has 3 aromatic rings. The van der Waals surface area contributed by atoms with Crippen LogP contribution in [0, 0.1) is 5.82 Å². The summed E-state index contributed by atoms with van der Waals surface area (Å²) < 4.78 is 13.4. The van der Waals surface area contributed by atoms with Gasteiger partial charge in [-0.3, -0.25) is 10.00 Å². The van der Waals surface area contributed by atoms with Crippen LogP contribution in [-0.4, -0.2) is 31.6 Å². The van der Waals surface area contributed by atoms with E-state index in [0.717, 1.165) is 54.2 Å². The molecule has 0 radical (unpaired) electrons. The van der Waals surface area contributed by atoms with Crippen LogP contribution >= 0.6 is 0 Å². The SMILES string of the molecule is CC(C)(C)c1cc(CN2CCC[C@H]2c2nc3ccc(F)cc3[nH]2)[nH]n1. The van der Waals surface area contributed by atoms with E-state index in [1.165, 1.54) is 12.1 Å². The van der Waals surface area contributed by atoms with Gasteiger partial charge in [-0.2, -0.15) is 5.10 Å². The number of hydrogen-bond donors (Lipinski definition) is 2. The minimum atomic E-state index is -0.238. The molecule has 1 aromatic carbocycles. The molecule has 3 heterocycles. The molecule has 0 bridgehead atoms. The fraction of sp³-hybridized carbons (Fsp3) is 0.474. The first-order valence-corrected chi connectivity index (χ1v) is 8.84. The first-order chi connectivity index (χ1) is 11.9. The predicted molar refractivity (Wildman–Crippen MR) is 95.7 cm³/mol. The van der Waals surface area contributed by atoms with Gasteiger partial charge in [0.05, 0.1) is 22.8 Å². The molecule has 5 nitrogen and oxygen atoms in total. The van der Waals surface area contributed by atoms with Crippen LogP contribution in [0.4, 0.5) is 4.39 Å². The van der Waals surface area contributed by atoms with Crippen molar-refractivity contribution in [3.05, 3.63) is 47.3 Å². The van der Waals surface area contributed by atoms with Crippen LogP contribution in [0.5, 0.6) is 0 Å². The van der Waals surface area contributed by atoms with Gasteiger partial charge in [0.15, 0.2) is 0 Å². The molecule has 0 amide bonds. The predicted octanol–water partition coefficient (Wildman–Crippen LogP) is 4.06. The zero-order chi connectivity index (χ0) is 17.6. The first kappa shape index (κ1) is 16.3. The van der Waals surface area contributed by atoms with Crippen LogP contribution in [-0.2, 0) is 12.0 Å². The summed E-state index contributed by atoms with van der Waals surface area (Å²) in [5, 5.41) is 7.63. The smallest absolute Gasteiger partial charge is 0.125 e. The van der Waals surface area contributed by atoms with E-state index in [1.54, 1.807) is 6.07 Å². The minimum Gasteiger partial charge on any atom is -0.341 e. The zero-order valence-corrected chi connectivity index (χ0v) is 14.9. The second-order valence-corrected chi connectivity index (χ2v) is 7.94. The molecule has 1 atom stereocenters. The van der Waals surface area contributed by atoms with Gasteiger partial charge in [-0.15, -0.1) is 0 Å². The lowest BCUT2D eigenvalue weighted by Gasteiger charge is -2.22. The van der Waals surface area contributed by atoms with Crippen LogP contribution in [0.25, 0.3) is 11.0 Å². The van der Waals surface area contributed by atoms with Gasteiger partial charge in [0.1, 0.15) is 11.6 Å². The standard InChI is InChI=1S/C19H24FN5/c1-19(2,3)17-10-13(23-24-17)11-25-8-4-5-16(25)18-21-14-7-6-12(20)9-15(14)22-18/h6-7,9-10,16H,4-5,8,11H2,1-3H3,(H,21,22)(H,23,24)/t16-/m0/s1. The molecule has 1 fully saturated rings. The second-order valence-electron chi connectivity index (χ2n) is 7.94. The molecule has 0 aliphatic carbocycles. The Kier molecular flexibility index (Phi) is 3.87. The third kappa shape index (κ3) is 3.18. The van der Waals surface area contributed by atoms with Crippen molar-refractivity contribution in [3.8, 4) is 0 Å². The van der Waals surface area contributed by atoms with E-state index in [1.807, 2.05) is 0 Å². The number of H-pyrrole nitrogens is 2. The van der Waals surface area contributed by atoms with Gasteiger partial charge in [0, 0.05) is 17.7 Å². The molecule has 0 saturated carbocycles. The quantitative estimate of drug-likeness (QED) is 0.755. The number of imidazole rings is 1. The molecule has 1 aliphatic heterocycles. The van der Waals surface area contributed by atoms with Gasteiger partial charge in [0.25, 0.3) is 0 Å². The molecule has 4 rings (SSSR count). The molecule has 1 aliphatic rings. The topological polar surface area (TPSA) is 60.6 Å². The van der Waals surface area contributed by atoms with Gasteiger partial charge in [-0.05, 0) is 43.7 Å². The molecule has 25 heavy (non-hydrogen) atoms. The average molecular weight is 341 g/mol. The first-order valence-electron chi connectivity index (χ1n) is 8.84. The van der Waals surface area contributed by atoms with Gasteiger partial charge in [-0.1, -0.05) is 20.8 Å². The van der Waals surface area contributed by atoms with Crippen molar-refractivity contribution in [2.75, 3.05) is 6.54 Å². The van der Waals surface area contributed by atoms with Crippen molar-refractivity contribution in [2.24, 2.45) is 0 Å². The number of aromatic nitrogens is 4. The van der Waals surface area contributed by atoms with E-state index in [2.05, 4.69) is 51.9 Å². The highest BCUT2D eigenvalue weighted by molar-refractivity contribution is 5.75. The molecule has 1 saturated heterocycles. The highest BCUT2D eigenvalue weighted by Crippen LogP contribution is 2.33. The van der Waals surface area contributed by atoms with E-state index < -0.39 is 0 Å². The number of halogens is 1. The van der Waals surface area contributed by atoms with Crippen molar-refractivity contribution >= 4 is 11.0 Å². The maximum absolute atomic E-state index is 13.4. The molecule has 0 unspecified atom stereocenters. The molecule has 2 N–H and O–H groups in total. The number of fused-ring (bicyclic) bond motifs is 1. The molecule has 2 aromatic heterocycles. The Labute approximate surface area is 146 Å². The summed E-state index contributed by atoms with van der Waals surface area (Å²) in [6.07, 6.45) is 2.19. The number of benzene rings is 1. The average Bonchev–Trinajstić information content (AvgIpc) is 3.24. The van der Waals surface area contributed by atoms with E-state index in [9.17, 15) is 4.39 Å². The maximum atomic E-state index is 13.4.